The normalized spacial score (nSPS) is 10.1. The molecule has 0 atom stereocenters. The van der Waals surface area contributed by atoms with Crippen LogP contribution in [0.15, 0.2) is 73.4 Å². The number of carbonyl (C=O) groups excluding carboxylic acids is 2. The molecule has 0 aliphatic carbocycles. The molecule has 3 amide bonds. The van der Waals surface area contributed by atoms with Crippen molar-refractivity contribution in [1.82, 2.24) is 15.1 Å². The Morgan fingerprint density at radius 2 is 1.69 bits per heavy atom. The molecule has 1 heterocycles. The first-order valence-corrected chi connectivity index (χ1v) is 8.86. The Morgan fingerprint density at radius 1 is 1.03 bits per heavy atom. The Labute approximate surface area is 168 Å². The van der Waals surface area contributed by atoms with Crippen molar-refractivity contribution in [3.63, 3.8) is 0 Å². The van der Waals surface area contributed by atoms with E-state index in [1.807, 2.05) is 24.3 Å². The van der Waals surface area contributed by atoms with Gasteiger partial charge in [-0.3, -0.25) is 4.79 Å². The average molecular weight is 391 g/mol. The summed E-state index contributed by atoms with van der Waals surface area (Å²) in [6.45, 7) is 3.91. The molecule has 3 N–H and O–H groups in total. The number of nitrogens with zero attached hydrogens (tertiary/aromatic N) is 2. The van der Waals surface area contributed by atoms with Crippen LogP contribution in [-0.4, -0.2) is 35.4 Å². The Kier molecular flexibility index (Phi) is 6.26. The van der Waals surface area contributed by atoms with Crippen LogP contribution in [-0.2, 0) is 0 Å². The van der Waals surface area contributed by atoms with Gasteiger partial charge in [-0.05, 0) is 54.6 Å². The number of rotatable bonds is 7. The molecular formula is C21H21N5O3. The summed E-state index contributed by atoms with van der Waals surface area (Å²) in [5, 5.41) is 12.4. The summed E-state index contributed by atoms with van der Waals surface area (Å²) in [6.07, 6.45) is 3.31. The summed E-state index contributed by atoms with van der Waals surface area (Å²) < 4.78 is 6.75. The molecule has 1 aromatic heterocycles. The fourth-order valence-corrected chi connectivity index (χ4v) is 2.50. The molecule has 0 fully saturated rings. The molecule has 0 bridgehead atoms. The van der Waals surface area contributed by atoms with Crippen LogP contribution < -0.4 is 20.7 Å². The maximum atomic E-state index is 12.4. The number of hydrogen-bond donors (Lipinski definition) is 3. The van der Waals surface area contributed by atoms with Gasteiger partial charge in [0.05, 0.1) is 12.8 Å². The molecule has 148 valence electrons. The van der Waals surface area contributed by atoms with Crippen molar-refractivity contribution in [3.8, 4) is 11.4 Å². The molecular weight excluding hydrogens is 370 g/mol. The predicted octanol–water partition coefficient (Wildman–Crippen LogP) is 3.44. The highest BCUT2D eigenvalue weighted by molar-refractivity contribution is 6.03. The van der Waals surface area contributed by atoms with E-state index in [2.05, 4.69) is 27.6 Å². The molecule has 0 radical (unpaired) electrons. The molecule has 3 rings (SSSR count). The standard InChI is InChI=1S/C21H21N5O3/c1-3-13-22-21(28)24-16-6-4-15(5-7-16)23-20(27)19-12-14-26(25-19)17-8-10-18(29-2)11-9-17/h3-12,14H,1,13H2,2H3,(H,23,27)(H2,22,24,28). The Balaban J connectivity index is 1.60. The number of ether oxygens (including phenoxy) is 1. The SMILES string of the molecule is C=CCNC(=O)Nc1ccc(NC(=O)c2ccn(-c3ccc(OC)cc3)n2)cc1. The van der Waals surface area contributed by atoms with Gasteiger partial charge in [0.1, 0.15) is 5.75 Å². The average Bonchev–Trinajstić information content (AvgIpc) is 3.24. The molecule has 29 heavy (non-hydrogen) atoms. The van der Waals surface area contributed by atoms with Crippen molar-refractivity contribution in [2.24, 2.45) is 0 Å². The second-order valence-electron chi connectivity index (χ2n) is 6.00. The Morgan fingerprint density at radius 3 is 2.31 bits per heavy atom. The van der Waals surface area contributed by atoms with E-state index in [1.165, 1.54) is 0 Å². The zero-order valence-corrected chi connectivity index (χ0v) is 15.9. The number of urea groups is 1. The number of hydrogen-bond acceptors (Lipinski definition) is 4. The van der Waals surface area contributed by atoms with Crippen molar-refractivity contribution in [1.29, 1.82) is 0 Å². The summed E-state index contributed by atoms with van der Waals surface area (Å²) >= 11 is 0. The Bertz CT molecular complexity index is 994. The first-order valence-electron chi connectivity index (χ1n) is 8.86. The monoisotopic (exact) mass is 391 g/mol. The number of methoxy groups -OCH3 is 1. The van der Waals surface area contributed by atoms with Gasteiger partial charge in [-0.15, -0.1) is 6.58 Å². The zero-order valence-electron chi connectivity index (χ0n) is 15.9. The van der Waals surface area contributed by atoms with Gasteiger partial charge in [-0.1, -0.05) is 6.08 Å². The van der Waals surface area contributed by atoms with E-state index in [1.54, 1.807) is 54.4 Å². The second kappa shape index (κ2) is 9.23. The second-order valence-corrected chi connectivity index (χ2v) is 6.00. The van der Waals surface area contributed by atoms with E-state index < -0.39 is 0 Å². The van der Waals surface area contributed by atoms with Crippen LogP contribution >= 0.6 is 0 Å². The largest absolute Gasteiger partial charge is 0.497 e. The predicted molar refractivity (Wildman–Crippen MR) is 112 cm³/mol. The zero-order chi connectivity index (χ0) is 20.6. The lowest BCUT2D eigenvalue weighted by atomic mass is 10.2. The highest BCUT2D eigenvalue weighted by Gasteiger charge is 2.11. The van der Waals surface area contributed by atoms with E-state index in [9.17, 15) is 9.59 Å². The van der Waals surface area contributed by atoms with Crippen LogP contribution in [0.2, 0.25) is 0 Å². The van der Waals surface area contributed by atoms with Crippen molar-refractivity contribution in [2.75, 3.05) is 24.3 Å². The summed E-state index contributed by atoms with van der Waals surface area (Å²) in [5.74, 6) is 0.414. The highest BCUT2D eigenvalue weighted by atomic mass is 16.5. The van der Waals surface area contributed by atoms with Gasteiger partial charge in [0.15, 0.2) is 5.69 Å². The third-order valence-electron chi connectivity index (χ3n) is 3.97. The minimum absolute atomic E-state index is 0.284. The number of anilines is 2. The summed E-state index contributed by atoms with van der Waals surface area (Å²) in [7, 11) is 1.60. The third kappa shape index (κ3) is 5.23. The maximum absolute atomic E-state index is 12.4. The van der Waals surface area contributed by atoms with Gasteiger partial charge in [0, 0.05) is 24.1 Å². The Hall–Kier alpha value is -4.07. The van der Waals surface area contributed by atoms with Gasteiger partial charge >= 0.3 is 6.03 Å². The molecule has 0 spiro atoms. The highest BCUT2D eigenvalue weighted by Crippen LogP contribution is 2.16. The maximum Gasteiger partial charge on any atom is 0.319 e. The fourth-order valence-electron chi connectivity index (χ4n) is 2.50. The minimum atomic E-state index is -0.332. The molecule has 2 aromatic carbocycles. The van der Waals surface area contributed by atoms with Crippen LogP contribution in [0.5, 0.6) is 5.75 Å². The van der Waals surface area contributed by atoms with Crippen LogP contribution in [0, 0.1) is 0 Å². The molecule has 0 aliphatic rings. The van der Waals surface area contributed by atoms with E-state index in [-0.39, 0.29) is 17.6 Å². The molecule has 8 nitrogen and oxygen atoms in total. The lowest BCUT2D eigenvalue weighted by Gasteiger charge is -2.08. The van der Waals surface area contributed by atoms with E-state index in [4.69, 9.17) is 4.74 Å². The van der Waals surface area contributed by atoms with Crippen molar-refractivity contribution < 1.29 is 14.3 Å². The van der Waals surface area contributed by atoms with Crippen molar-refractivity contribution in [3.05, 3.63) is 79.1 Å². The van der Waals surface area contributed by atoms with Crippen LogP contribution in [0.4, 0.5) is 16.2 Å². The van der Waals surface area contributed by atoms with Crippen LogP contribution in [0.1, 0.15) is 10.5 Å². The lowest BCUT2D eigenvalue weighted by Crippen LogP contribution is -2.28. The third-order valence-corrected chi connectivity index (χ3v) is 3.97. The molecule has 3 aromatic rings. The summed E-state index contributed by atoms with van der Waals surface area (Å²) in [4.78, 5) is 24.1. The fraction of sp³-hybridized carbons (Fsp3) is 0.0952. The first kappa shape index (κ1) is 19.7. The van der Waals surface area contributed by atoms with Crippen LogP contribution in [0.25, 0.3) is 5.69 Å². The van der Waals surface area contributed by atoms with Gasteiger partial charge in [0.2, 0.25) is 0 Å². The topological polar surface area (TPSA) is 97.3 Å². The molecule has 8 heteroatoms. The quantitative estimate of drug-likeness (QED) is 0.538. The van der Waals surface area contributed by atoms with E-state index in [0.717, 1.165) is 11.4 Å². The number of amides is 3. The van der Waals surface area contributed by atoms with Crippen molar-refractivity contribution >= 4 is 23.3 Å². The van der Waals surface area contributed by atoms with Crippen molar-refractivity contribution in [2.45, 2.75) is 0 Å². The number of carbonyl (C=O) groups is 2. The van der Waals surface area contributed by atoms with Crippen LogP contribution in [0.3, 0.4) is 0 Å². The first-order chi connectivity index (χ1) is 14.1. The summed E-state index contributed by atoms with van der Waals surface area (Å²) in [5.41, 5.74) is 2.29. The smallest absolute Gasteiger partial charge is 0.319 e. The lowest BCUT2D eigenvalue weighted by molar-refractivity contribution is 0.102. The minimum Gasteiger partial charge on any atom is -0.497 e. The van der Waals surface area contributed by atoms with Gasteiger partial charge in [-0.25, -0.2) is 9.48 Å². The number of aromatic nitrogens is 2. The van der Waals surface area contributed by atoms with Gasteiger partial charge in [-0.2, -0.15) is 5.10 Å². The van der Waals surface area contributed by atoms with Gasteiger partial charge in [0.25, 0.3) is 5.91 Å². The molecule has 0 unspecified atom stereocenters. The molecule has 0 saturated carbocycles. The van der Waals surface area contributed by atoms with Gasteiger partial charge < -0.3 is 20.7 Å². The molecule has 0 saturated heterocycles. The van der Waals surface area contributed by atoms with E-state index >= 15 is 0 Å². The molecule has 0 aliphatic heterocycles. The summed E-state index contributed by atoms with van der Waals surface area (Å²) in [6, 6.07) is 15.4. The number of benzene rings is 2. The van der Waals surface area contributed by atoms with E-state index in [0.29, 0.717) is 17.9 Å². The number of nitrogens with one attached hydrogen (secondary N) is 3.